The van der Waals surface area contributed by atoms with E-state index in [2.05, 4.69) is 5.32 Å². The van der Waals surface area contributed by atoms with Crippen molar-refractivity contribution >= 4 is 5.91 Å². The van der Waals surface area contributed by atoms with Crippen molar-refractivity contribution < 1.29 is 19.0 Å². The van der Waals surface area contributed by atoms with Crippen LogP contribution in [0.1, 0.15) is 27.2 Å². The zero-order chi connectivity index (χ0) is 23.7. The summed E-state index contributed by atoms with van der Waals surface area (Å²) in [5.74, 6) is 1.86. The van der Waals surface area contributed by atoms with Crippen molar-refractivity contribution in [2.24, 2.45) is 0 Å². The maximum Gasteiger partial charge on any atom is 0.272 e. The second kappa shape index (κ2) is 8.94. The number of hydrogen-bond donors (Lipinski definition) is 1. The van der Waals surface area contributed by atoms with Crippen molar-refractivity contribution in [1.82, 2.24) is 15.1 Å². The van der Waals surface area contributed by atoms with Crippen molar-refractivity contribution in [3.05, 3.63) is 89.1 Å². The van der Waals surface area contributed by atoms with E-state index in [9.17, 15) is 4.79 Å². The van der Waals surface area contributed by atoms with Crippen LogP contribution in [0.5, 0.6) is 17.2 Å². The smallest absolute Gasteiger partial charge is 0.272 e. The predicted molar refractivity (Wildman–Crippen MR) is 129 cm³/mol. The molecule has 0 fully saturated rings. The molecule has 0 atom stereocenters. The van der Waals surface area contributed by atoms with Gasteiger partial charge < -0.3 is 19.5 Å². The van der Waals surface area contributed by atoms with Crippen molar-refractivity contribution in [2.45, 2.75) is 13.0 Å². The summed E-state index contributed by atoms with van der Waals surface area (Å²) in [6, 6.07) is 21.4. The molecule has 172 valence electrons. The average molecular weight is 456 g/mol. The number of nitrogens with one attached hydrogen (secondary N) is 1. The van der Waals surface area contributed by atoms with Gasteiger partial charge in [-0.2, -0.15) is 5.10 Å². The van der Waals surface area contributed by atoms with Gasteiger partial charge in [0, 0.05) is 24.1 Å². The van der Waals surface area contributed by atoms with Crippen LogP contribution in [-0.4, -0.2) is 37.0 Å². The van der Waals surface area contributed by atoms with Crippen LogP contribution in [0.2, 0.25) is 0 Å². The SMILES string of the molecule is COc1ccc(CNC(=O)c2nn(-c3ccccc3)c3c2Cc2cc(OC)c(OC)cc2-3)cc1. The Morgan fingerprint density at radius 3 is 2.32 bits per heavy atom. The highest BCUT2D eigenvalue weighted by Gasteiger charge is 2.32. The van der Waals surface area contributed by atoms with E-state index in [4.69, 9.17) is 19.3 Å². The van der Waals surface area contributed by atoms with Gasteiger partial charge in [-0.05, 0) is 47.5 Å². The fourth-order valence-electron chi connectivity index (χ4n) is 4.32. The van der Waals surface area contributed by atoms with Gasteiger partial charge in [0.15, 0.2) is 17.2 Å². The molecular weight excluding hydrogens is 430 g/mol. The first-order valence-corrected chi connectivity index (χ1v) is 11.0. The van der Waals surface area contributed by atoms with Crippen LogP contribution >= 0.6 is 0 Å². The predicted octanol–water partition coefficient (Wildman–Crippen LogP) is 4.40. The number of rotatable bonds is 7. The Bertz CT molecular complexity index is 1340. The molecule has 1 amide bonds. The Kier molecular flexibility index (Phi) is 5.67. The molecule has 0 bridgehead atoms. The van der Waals surface area contributed by atoms with Gasteiger partial charge in [0.2, 0.25) is 0 Å². The number of aromatic nitrogens is 2. The Balaban J connectivity index is 1.53. The van der Waals surface area contributed by atoms with Crippen molar-refractivity contribution in [3.63, 3.8) is 0 Å². The number of methoxy groups -OCH3 is 3. The summed E-state index contributed by atoms with van der Waals surface area (Å²) in [4.78, 5) is 13.3. The first kappa shape index (κ1) is 21.6. The molecule has 4 aromatic rings. The molecule has 1 aliphatic carbocycles. The summed E-state index contributed by atoms with van der Waals surface area (Å²) in [5.41, 5.74) is 6.12. The fourth-order valence-corrected chi connectivity index (χ4v) is 4.32. The van der Waals surface area contributed by atoms with Gasteiger partial charge in [0.1, 0.15) is 5.75 Å². The van der Waals surface area contributed by atoms with E-state index >= 15 is 0 Å². The van der Waals surface area contributed by atoms with E-state index in [0.29, 0.717) is 30.2 Å². The second-order valence-electron chi connectivity index (χ2n) is 7.99. The molecule has 1 aliphatic rings. The fraction of sp³-hybridized carbons (Fsp3) is 0.185. The molecule has 1 heterocycles. The quantitative estimate of drug-likeness (QED) is 0.394. The Hall–Kier alpha value is -4.26. The Morgan fingerprint density at radius 2 is 1.65 bits per heavy atom. The van der Waals surface area contributed by atoms with Gasteiger partial charge in [-0.25, -0.2) is 4.68 Å². The summed E-state index contributed by atoms with van der Waals surface area (Å²) >= 11 is 0. The van der Waals surface area contributed by atoms with Crippen LogP contribution in [0, 0.1) is 0 Å². The van der Waals surface area contributed by atoms with Gasteiger partial charge in [-0.3, -0.25) is 4.79 Å². The molecule has 34 heavy (non-hydrogen) atoms. The van der Waals surface area contributed by atoms with E-state index in [-0.39, 0.29) is 5.91 Å². The molecule has 1 N–H and O–H groups in total. The van der Waals surface area contributed by atoms with Crippen LogP contribution in [0.25, 0.3) is 16.9 Å². The second-order valence-corrected chi connectivity index (χ2v) is 7.99. The minimum atomic E-state index is -0.214. The summed E-state index contributed by atoms with van der Waals surface area (Å²) in [7, 11) is 4.87. The number of hydrogen-bond acceptors (Lipinski definition) is 5. The third kappa shape index (κ3) is 3.75. The number of fused-ring (bicyclic) bond motifs is 3. The van der Waals surface area contributed by atoms with Gasteiger partial charge in [0.05, 0.1) is 32.7 Å². The molecule has 0 saturated carbocycles. The zero-order valence-corrected chi connectivity index (χ0v) is 19.3. The van der Waals surface area contributed by atoms with Crippen molar-refractivity contribution in [3.8, 4) is 34.2 Å². The molecule has 0 spiro atoms. The molecule has 1 aromatic heterocycles. The maximum absolute atomic E-state index is 13.3. The van der Waals surface area contributed by atoms with Gasteiger partial charge in [0.25, 0.3) is 5.91 Å². The lowest BCUT2D eigenvalue weighted by molar-refractivity contribution is 0.0944. The first-order valence-electron chi connectivity index (χ1n) is 11.0. The number of para-hydroxylation sites is 1. The summed E-state index contributed by atoms with van der Waals surface area (Å²) in [6.45, 7) is 0.393. The minimum absolute atomic E-state index is 0.214. The first-order chi connectivity index (χ1) is 16.6. The number of ether oxygens (including phenoxy) is 3. The Labute approximate surface area is 197 Å². The molecule has 0 aliphatic heterocycles. The summed E-state index contributed by atoms with van der Waals surface area (Å²) < 4.78 is 18.1. The monoisotopic (exact) mass is 455 g/mol. The minimum Gasteiger partial charge on any atom is -0.497 e. The third-order valence-electron chi connectivity index (χ3n) is 6.04. The topological polar surface area (TPSA) is 74.6 Å². The largest absolute Gasteiger partial charge is 0.497 e. The van der Waals surface area contributed by atoms with E-state index in [1.165, 1.54) is 0 Å². The molecule has 0 unspecified atom stereocenters. The number of nitrogens with zero attached hydrogens (tertiary/aromatic N) is 2. The maximum atomic E-state index is 13.3. The van der Waals surface area contributed by atoms with E-state index in [1.54, 1.807) is 21.3 Å². The molecule has 5 rings (SSSR count). The molecule has 3 aromatic carbocycles. The highest BCUT2D eigenvalue weighted by atomic mass is 16.5. The number of amides is 1. The normalized spacial score (nSPS) is 11.5. The Morgan fingerprint density at radius 1 is 0.941 bits per heavy atom. The van der Waals surface area contributed by atoms with Gasteiger partial charge >= 0.3 is 0 Å². The van der Waals surface area contributed by atoms with Crippen LogP contribution in [0.3, 0.4) is 0 Å². The van der Waals surface area contributed by atoms with Crippen LogP contribution in [0.4, 0.5) is 0 Å². The lowest BCUT2D eigenvalue weighted by Gasteiger charge is -2.12. The van der Waals surface area contributed by atoms with Gasteiger partial charge in [-0.1, -0.05) is 30.3 Å². The van der Waals surface area contributed by atoms with Crippen LogP contribution in [-0.2, 0) is 13.0 Å². The third-order valence-corrected chi connectivity index (χ3v) is 6.04. The number of benzene rings is 3. The van der Waals surface area contributed by atoms with Crippen molar-refractivity contribution in [2.75, 3.05) is 21.3 Å². The van der Waals surface area contributed by atoms with Gasteiger partial charge in [-0.15, -0.1) is 0 Å². The molecular formula is C27H25N3O4. The average Bonchev–Trinajstić information content (AvgIpc) is 3.44. The molecule has 0 saturated heterocycles. The summed E-state index contributed by atoms with van der Waals surface area (Å²) in [6.07, 6.45) is 0.586. The lowest BCUT2D eigenvalue weighted by atomic mass is 10.1. The van der Waals surface area contributed by atoms with Crippen LogP contribution in [0.15, 0.2) is 66.7 Å². The summed E-state index contributed by atoms with van der Waals surface area (Å²) in [5, 5.41) is 7.77. The van der Waals surface area contributed by atoms with E-state index in [0.717, 1.165) is 39.4 Å². The molecule has 0 radical (unpaired) electrons. The molecule has 7 nitrogen and oxygen atoms in total. The number of carbonyl (C=O) groups excluding carboxylic acids is 1. The van der Waals surface area contributed by atoms with E-state index in [1.807, 2.05) is 71.4 Å². The molecule has 7 heteroatoms. The highest BCUT2D eigenvalue weighted by Crippen LogP contribution is 2.44. The number of carbonyl (C=O) groups is 1. The zero-order valence-electron chi connectivity index (χ0n) is 19.3. The van der Waals surface area contributed by atoms with Crippen molar-refractivity contribution in [1.29, 1.82) is 0 Å². The van der Waals surface area contributed by atoms with E-state index < -0.39 is 0 Å². The van der Waals surface area contributed by atoms with Crippen LogP contribution < -0.4 is 19.5 Å². The standard InChI is InChI=1S/C27H25N3O4/c1-32-20-11-9-17(10-12-20)16-28-27(31)25-22-13-18-14-23(33-2)24(34-3)15-21(18)26(22)30(29-25)19-7-5-4-6-8-19/h4-12,14-15H,13,16H2,1-3H3,(H,28,31). The highest BCUT2D eigenvalue weighted by molar-refractivity contribution is 5.97. The lowest BCUT2D eigenvalue weighted by Crippen LogP contribution is -2.24.